The number of aromatic amines is 1. The molecule has 2 aromatic heterocycles. The van der Waals surface area contributed by atoms with Gasteiger partial charge in [-0.3, -0.25) is 5.10 Å². The van der Waals surface area contributed by atoms with Crippen LogP contribution in [0.5, 0.6) is 0 Å². The summed E-state index contributed by atoms with van der Waals surface area (Å²) >= 11 is 0. The molecule has 0 unspecified atom stereocenters. The van der Waals surface area contributed by atoms with Gasteiger partial charge in [-0.05, 0) is 25.0 Å². The topological polar surface area (TPSA) is 72.5 Å². The molecule has 2 heterocycles. The van der Waals surface area contributed by atoms with Crippen LogP contribution in [0.25, 0.3) is 22.4 Å². The van der Waals surface area contributed by atoms with Crippen molar-refractivity contribution in [3.05, 3.63) is 30.5 Å². The summed E-state index contributed by atoms with van der Waals surface area (Å²) < 4.78 is 2.29. The molecule has 0 atom stereocenters. The maximum absolute atomic E-state index is 5.91. The zero-order chi connectivity index (χ0) is 12.1. The Balaban J connectivity index is 2.05. The quantitative estimate of drug-likeness (QED) is 0.721. The molecule has 1 aromatic carbocycles. The van der Waals surface area contributed by atoms with Gasteiger partial charge in [0.15, 0.2) is 0 Å². The fraction of sp³-hybridized carbons (Fsp3) is 0.231. The second kappa shape index (κ2) is 3.35. The first-order valence-electron chi connectivity index (χ1n) is 6.11. The van der Waals surface area contributed by atoms with Gasteiger partial charge < -0.3 is 10.3 Å². The van der Waals surface area contributed by atoms with Crippen molar-refractivity contribution >= 4 is 16.9 Å². The van der Waals surface area contributed by atoms with E-state index < -0.39 is 0 Å². The van der Waals surface area contributed by atoms with Gasteiger partial charge in [0.05, 0.1) is 22.8 Å². The zero-order valence-corrected chi connectivity index (χ0v) is 9.80. The van der Waals surface area contributed by atoms with Gasteiger partial charge in [0.2, 0.25) is 0 Å². The summed E-state index contributed by atoms with van der Waals surface area (Å²) in [6, 6.07) is 8.76. The second-order valence-electron chi connectivity index (χ2n) is 4.72. The fourth-order valence-corrected chi connectivity index (χ4v) is 2.41. The molecule has 5 heteroatoms. The van der Waals surface area contributed by atoms with E-state index in [4.69, 9.17) is 10.7 Å². The zero-order valence-electron chi connectivity index (χ0n) is 9.80. The van der Waals surface area contributed by atoms with Crippen LogP contribution in [-0.4, -0.2) is 19.7 Å². The highest BCUT2D eigenvalue weighted by Gasteiger charge is 2.29. The number of nitrogens with zero attached hydrogens (tertiary/aromatic N) is 3. The number of nitrogens with two attached hydrogens (primary N) is 1. The van der Waals surface area contributed by atoms with Crippen molar-refractivity contribution < 1.29 is 0 Å². The van der Waals surface area contributed by atoms with Crippen LogP contribution in [0.15, 0.2) is 30.5 Å². The van der Waals surface area contributed by atoms with Gasteiger partial charge in [-0.25, -0.2) is 4.98 Å². The maximum atomic E-state index is 5.91. The first-order valence-corrected chi connectivity index (χ1v) is 6.11. The average molecular weight is 239 g/mol. The molecule has 0 bridgehead atoms. The lowest BCUT2D eigenvalue weighted by Gasteiger charge is -2.06. The van der Waals surface area contributed by atoms with Crippen LogP contribution in [0, 0.1) is 0 Å². The Kier molecular flexibility index (Phi) is 1.81. The summed E-state index contributed by atoms with van der Waals surface area (Å²) in [5.41, 5.74) is 8.99. The second-order valence-corrected chi connectivity index (χ2v) is 4.72. The number of nitrogens with one attached hydrogen (secondary N) is 1. The van der Waals surface area contributed by atoms with E-state index in [2.05, 4.69) is 20.8 Å². The molecule has 18 heavy (non-hydrogen) atoms. The van der Waals surface area contributed by atoms with Crippen LogP contribution in [-0.2, 0) is 0 Å². The highest BCUT2D eigenvalue weighted by atomic mass is 15.2. The molecule has 0 saturated heterocycles. The molecule has 1 aliphatic carbocycles. The number of rotatable bonds is 2. The Morgan fingerprint density at radius 2 is 2.11 bits per heavy atom. The molecule has 1 saturated carbocycles. The van der Waals surface area contributed by atoms with Crippen LogP contribution in [0.1, 0.15) is 18.9 Å². The van der Waals surface area contributed by atoms with E-state index in [1.807, 2.05) is 18.2 Å². The van der Waals surface area contributed by atoms with Crippen LogP contribution in [0.3, 0.4) is 0 Å². The van der Waals surface area contributed by atoms with E-state index in [0.29, 0.717) is 11.9 Å². The Morgan fingerprint density at radius 1 is 1.28 bits per heavy atom. The smallest absolute Gasteiger partial charge is 0.146 e. The molecule has 0 spiro atoms. The molecule has 1 fully saturated rings. The number of aromatic nitrogens is 4. The van der Waals surface area contributed by atoms with E-state index in [0.717, 1.165) is 16.9 Å². The molecule has 5 nitrogen and oxygen atoms in total. The lowest BCUT2D eigenvalue weighted by molar-refractivity contribution is 0.775. The SMILES string of the molecule is Nc1[nH]ncc1-c1nc2ccccc2n1C1CC1. The minimum atomic E-state index is 0.557. The molecular weight excluding hydrogens is 226 g/mol. The largest absolute Gasteiger partial charge is 0.383 e. The summed E-state index contributed by atoms with van der Waals surface area (Å²) in [7, 11) is 0. The minimum absolute atomic E-state index is 0.557. The molecule has 0 radical (unpaired) electrons. The van der Waals surface area contributed by atoms with E-state index in [1.54, 1.807) is 6.20 Å². The third-order valence-electron chi connectivity index (χ3n) is 3.42. The van der Waals surface area contributed by atoms with E-state index in [-0.39, 0.29) is 0 Å². The highest BCUT2D eigenvalue weighted by Crippen LogP contribution is 2.41. The number of benzene rings is 1. The Morgan fingerprint density at radius 3 is 2.83 bits per heavy atom. The van der Waals surface area contributed by atoms with Crippen molar-refractivity contribution in [2.45, 2.75) is 18.9 Å². The van der Waals surface area contributed by atoms with Gasteiger partial charge in [0.25, 0.3) is 0 Å². The van der Waals surface area contributed by atoms with Crippen molar-refractivity contribution in [2.75, 3.05) is 5.73 Å². The van der Waals surface area contributed by atoms with Crippen molar-refractivity contribution in [2.24, 2.45) is 0 Å². The van der Waals surface area contributed by atoms with Gasteiger partial charge in [-0.1, -0.05) is 12.1 Å². The first kappa shape index (κ1) is 9.70. The summed E-state index contributed by atoms with van der Waals surface area (Å²) in [4.78, 5) is 4.70. The third kappa shape index (κ3) is 1.27. The van der Waals surface area contributed by atoms with Gasteiger partial charge in [0.1, 0.15) is 11.6 Å². The Hall–Kier alpha value is -2.30. The number of hydrogen-bond acceptors (Lipinski definition) is 3. The van der Waals surface area contributed by atoms with Crippen molar-refractivity contribution in [1.29, 1.82) is 0 Å². The van der Waals surface area contributed by atoms with Gasteiger partial charge >= 0.3 is 0 Å². The monoisotopic (exact) mass is 239 g/mol. The first-order chi connectivity index (χ1) is 8.84. The molecule has 4 rings (SSSR count). The number of nitrogen functional groups attached to an aromatic ring is 1. The summed E-state index contributed by atoms with van der Waals surface area (Å²) in [6.45, 7) is 0. The normalized spacial score (nSPS) is 15.3. The van der Waals surface area contributed by atoms with Gasteiger partial charge in [-0.15, -0.1) is 0 Å². The van der Waals surface area contributed by atoms with Crippen LogP contribution in [0.4, 0.5) is 5.82 Å². The third-order valence-corrected chi connectivity index (χ3v) is 3.42. The van der Waals surface area contributed by atoms with Crippen LogP contribution < -0.4 is 5.73 Å². The molecular formula is C13H13N5. The molecule has 0 aliphatic heterocycles. The van der Waals surface area contributed by atoms with Crippen LogP contribution >= 0.6 is 0 Å². The van der Waals surface area contributed by atoms with E-state index in [9.17, 15) is 0 Å². The van der Waals surface area contributed by atoms with Crippen molar-refractivity contribution in [3.63, 3.8) is 0 Å². The number of para-hydroxylation sites is 2. The molecule has 3 N–H and O–H groups in total. The van der Waals surface area contributed by atoms with Gasteiger partial charge in [0, 0.05) is 6.04 Å². The van der Waals surface area contributed by atoms with Crippen molar-refractivity contribution in [3.8, 4) is 11.4 Å². The van der Waals surface area contributed by atoms with Gasteiger partial charge in [-0.2, -0.15) is 5.10 Å². The predicted molar refractivity (Wildman–Crippen MR) is 70.0 cm³/mol. The highest BCUT2D eigenvalue weighted by molar-refractivity contribution is 5.83. The Labute approximate surface area is 104 Å². The standard InChI is InChI=1S/C13H13N5/c14-12-9(7-15-17-12)13-16-10-3-1-2-4-11(10)18(13)8-5-6-8/h1-4,7-8H,5-6H2,(H3,14,15,17). The number of fused-ring (bicyclic) bond motifs is 1. The summed E-state index contributed by atoms with van der Waals surface area (Å²) in [5.74, 6) is 1.50. The molecule has 3 aromatic rings. The molecule has 1 aliphatic rings. The number of hydrogen-bond donors (Lipinski definition) is 2. The lowest BCUT2D eigenvalue weighted by atomic mass is 10.3. The molecule has 90 valence electrons. The summed E-state index contributed by atoms with van der Waals surface area (Å²) in [5, 5.41) is 6.76. The predicted octanol–water partition coefficient (Wildman–Crippen LogP) is 2.34. The summed E-state index contributed by atoms with van der Waals surface area (Å²) in [6.07, 6.45) is 4.17. The van der Waals surface area contributed by atoms with E-state index in [1.165, 1.54) is 18.4 Å². The maximum Gasteiger partial charge on any atom is 0.146 e. The average Bonchev–Trinajstić information content (AvgIpc) is 3.01. The van der Waals surface area contributed by atoms with E-state index >= 15 is 0 Å². The minimum Gasteiger partial charge on any atom is -0.383 e. The fourth-order valence-electron chi connectivity index (χ4n) is 2.41. The molecule has 0 amide bonds. The van der Waals surface area contributed by atoms with Crippen molar-refractivity contribution in [1.82, 2.24) is 19.7 Å². The lowest BCUT2D eigenvalue weighted by Crippen LogP contribution is -1.98. The Bertz CT molecular complexity index is 720. The number of H-pyrrole nitrogens is 1. The number of imidazole rings is 1. The van der Waals surface area contributed by atoms with Crippen LogP contribution in [0.2, 0.25) is 0 Å². The number of anilines is 1.